The molecule has 1 aromatic carbocycles. The van der Waals surface area contributed by atoms with Gasteiger partial charge in [-0.25, -0.2) is 4.79 Å². The Balaban J connectivity index is 2.41. The number of aromatic carboxylic acids is 1. The Kier molecular flexibility index (Phi) is 5.56. The highest BCUT2D eigenvalue weighted by atomic mass is 32.2. The standard InChI is InChI=1S/C12H14O4S/c13-11(14)6-3-7-17-8-9-4-1-2-5-10(9)12(15)16/h1-2,4-5H,3,6-8H2,(H,13,14)(H,15,16). The molecule has 0 saturated carbocycles. The van der Waals surface area contributed by atoms with Crippen molar-refractivity contribution in [2.75, 3.05) is 5.75 Å². The van der Waals surface area contributed by atoms with Crippen molar-refractivity contribution in [2.45, 2.75) is 18.6 Å². The fourth-order valence-corrected chi connectivity index (χ4v) is 2.33. The van der Waals surface area contributed by atoms with Gasteiger partial charge >= 0.3 is 11.9 Å². The maximum absolute atomic E-state index is 10.9. The van der Waals surface area contributed by atoms with Crippen LogP contribution in [0.4, 0.5) is 0 Å². The van der Waals surface area contributed by atoms with Crippen molar-refractivity contribution < 1.29 is 19.8 Å². The smallest absolute Gasteiger partial charge is 0.335 e. The molecule has 1 rings (SSSR count). The van der Waals surface area contributed by atoms with Crippen molar-refractivity contribution in [1.29, 1.82) is 0 Å². The predicted molar refractivity (Wildman–Crippen MR) is 66.4 cm³/mol. The van der Waals surface area contributed by atoms with Crippen LogP contribution in [0, 0.1) is 0 Å². The van der Waals surface area contributed by atoms with Crippen LogP contribution in [-0.2, 0) is 10.5 Å². The number of hydrogen-bond acceptors (Lipinski definition) is 3. The van der Waals surface area contributed by atoms with E-state index >= 15 is 0 Å². The molecule has 17 heavy (non-hydrogen) atoms. The van der Waals surface area contributed by atoms with Crippen molar-refractivity contribution in [3.05, 3.63) is 35.4 Å². The SMILES string of the molecule is O=C(O)CCCSCc1ccccc1C(=O)O. The van der Waals surface area contributed by atoms with Gasteiger partial charge in [0.15, 0.2) is 0 Å². The Morgan fingerprint density at radius 2 is 1.88 bits per heavy atom. The van der Waals surface area contributed by atoms with E-state index in [2.05, 4.69) is 0 Å². The second-order valence-electron chi connectivity index (χ2n) is 3.51. The average molecular weight is 254 g/mol. The van der Waals surface area contributed by atoms with Gasteiger partial charge in [0.2, 0.25) is 0 Å². The van der Waals surface area contributed by atoms with Crippen molar-refractivity contribution in [3.63, 3.8) is 0 Å². The molecule has 0 fully saturated rings. The first-order valence-corrected chi connectivity index (χ1v) is 6.37. The molecule has 0 aliphatic carbocycles. The van der Waals surface area contributed by atoms with Gasteiger partial charge in [0.25, 0.3) is 0 Å². The molecule has 0 aromatic heterocycles. The van der Waals surface area contributed by atoms with Gasteiger partial charge in [-0.05, 0) is 23.8 Å². The van der Waals surface area contributed by atoms with E-state index in [4.69, 9.17) is 10.2 Å². The van der Waals surface area contributed by atoms with Crippen molar-refractivity contribution in [2.24, 2.45) is 0 Å². The first kappa shape index (κ1) is 13.6. The zero-order valence-electron chi connectivity index (χ0n) is 9.26. The third-order valence-corrected chi connectivity index (χ3v) is 3.28. The minimum atomic E-state index is -0.924. The van der Waals surface area contributed by atoms with Gasteiger partial charge in [0.05, 0.1) is 5.56 Å². The molecule has 0 unspecified atom stereocenters. The molecule has 5 heteroatoms. The Morgan fingerprint density at radius 3 is 2.53 bits per heavy atom. The molecule has 0 aliphatic heterocycles. The number of carbonyl (C=O) groups is 2. The topological polar surface area (TPSA) is 74.6 Å². The lowest BCUT2D eigenvalue weighted by atomic mass is 10.1. The molecule has 0 radical (unpaired) electrons. The summed E-state index contributed by atoms with van der Waals surface area (Å²) in [6.45, 7) is 0. The lowest BCUT2D eigenvalue weighted by molar-refractivity contribution is -0.137. The third kappa shape index (κ3) is 4.91. The van der Waals surface area contributed by atoms with Gasteiger partial charge in [0, 0.05) is 12.2 Å². The van der Waals surface area contributed by atoms with Crippen LogP contribution in [0.25, 0.3) is 0 Å². The van der Waals surface area contributed by atoms with Crippen LogP contribution in [0.1, 0.15) is 28.8 Å². The zero-order chi connectivity index (χ0) is 12.7. The number of carboxylic acid groups (broad SMARTS) is 2. The highest BCUT2D eigenvalue weighted by Gasteiger charge is 2.08. The Labute approximate surface area is 104 Å². The summed E-state index contributed by atoms with van der Waals surface area (Å²) in [5, 5.41) is 17.4. The van der Waals surface area contributed by atoms with Crippen molar-refractivity contribution in [3.8, 4) is 0 Å². The quantitative estimate of drug-likeness (QED) is 0.731. The van der Waals surface area contributed by atoms with Gasteiger partial charge in [-0.2, -0.15) is 11.8 Å². The number of hydrogen-bond donors (Lipinski definition) is 2. The molecule has 2 N–H and O–H groups in total. The van der Waals surface area contributed by atoms with E-state index < -0.39 is 11.9 Å². The lowest BCUT2D eigenvalue weighted by Crippen LogP contribution is -2.01. The summed E-state index contributed by atoms with van der Waals surface area (Å²) >= 11 is 1.55. The van der Waals surface area contributed by atoms with Crippen LogP contribution in [0.5, 0.6) is 0 Å². The second-order valence-corrected chi connectivity index (χ2v) is 4.62. The van der Waals surface area contributed by atoms with E-state index in [1.807, 2.05) is 0 Å². The summed E-state index contributed by atoms with van der Waals surface area (Å²) in [5.74, 6) is -0.397. The molecule has 0 atom stereocenters. The maximum Gasteiger partial charge on any atom is 0.335 e. The van der Waals surface area contributed by atoms with Crippen LogP contribution < -0.4 is 0 Å². The van der Waals surface area contributed by atoms with Crippen molar-refractivity contribution in [1.82, 2.24) is 0 Å². The fraction of sp³-hybridized carbons (Fsp3) is 0.333. The molecular weight excluding hydrogens is 240 g/mol. The number of aliphatic carboxylic acids is 1. The summed E-state index contributed by atoms with van der Waals surface area (Å²) < 4.78 is 0. The molecule has 0 amide bonds. The summed E-state index contributed by atoms with van der Waals surface area (Å²) in [6, 6.07) is 6.87. The zero-order valence-corrected chi connectivity index (χ0v) is 10.1. The Morgan fingerprint density at radius 1 is 1.18 bits per heavy atom. The number of benzene rings is 1. The van der Waals surface area contributed by atoms with Gasteiger partial charge in [-0.3, -0.25) is 4.79 Å². The summed E-state index contributed by atoms with van der Waals surface area (Å²) in [4.78, 5) is 21.2. The third-order valence-electron chi connectivity index (χ3n) is 2.18. The van der Waals surface area contributed by atoms with Gasteiger partial charge < -0.3 is 10.2 Å². The van der Waals surface area contributed by atoms with E-state index in [0.29, 0.717) is 17.7 Å². The normalized spacial score (nSPS) is 10.1. The maximum atomic E-state index is 10.9. The molecular formula is C12H14O4S. The van der Waals surface area contributed by atoms with E-state index in [-0.39, 0.29) is 6.42 Å². The molecule has 0 heterocycles. The largest absolute Gasteiger partial charge is 0.481 e. The van der Waals surface area contributed by atoms with Crippen LogP contribution in [-0.4, -0.2) is 27.9 Å². The monoisotopic (exact) mass is 254 g/mol. The van der Waals surface area contributed by atoms with E-state index in [1.165, 1.54) is 0 Å². The first-order valence-electron chi connectivity index (χ1n) is 5.22. The predicted octanol–water partition coefficient (Wildman–Crippen LogP) is 2.48. The molecule has 0 spiro atoms. The molecule has 92 valence electrons. The first-order chi connectivity index (χ1) is 8.11. The van der Waals surface area contributed by atoms with Gasteiger partial charge in [-0.1, -0.05) is 18.2 Å². The van der Waals surface area contributed by atoms with Gasteiger partial charge in [0.1, 0.15) is 0 Å². The fourth-order valence-electron chi connectivity index (χ4n) is 1.36. The van der Waals surface area contributed by atoms with Crippen molar-refractivity contribution >= 4 is 23.7 Å². The average Bonchev–Trinajstić information content (AvgIpc) is 2.28. The summed E-state index contributed by atoms with van der Waals surface area (Å²) in [5.41, 5.74) is 1.10. The van der Waals surface area contributed by atoms with E-state index in [9.17, 15) is 9.59 Å². The summed E-state index contributed by atoms with van der Waals surface area (Å²) in [7, 11) is 0. The van der Waals surface area contributed by atoms with Gasteiger partial charge in [-0.15, -0.1) is 0 Å². The number of thioether (sulfide) groups is 1. The second kappa shape index (κ2) is 6.96. The number of rotatable bonds is 7. The Hall–Kier alpha value is -1.49. The Bertz CT molecular complexity index is 403. The molecule has 4 nitrogen and oxygen atoms in total. The van der Waals surface area contributed by atoms with Crippen LogP contribution >= 0.6 is 11.8 Å². The minimum Gasteiger partial charge on any atom is -0.481 e. The molecule has 0 bridgehead atoms. The molecule has 1 aromatic rings. The lowest BCUT2D eigenvalue weighted by Gasteiger charge is -2.05. The van der Waals surface area contributed by atoms with Crippen LogP contribution in [0.15, 0.2) is 24.3 Å². The highest BCUT2D eigenvalue weighted by Crippen LogP contribution is 2.17. The van der Waals surface area contributed by atoms with E-state index in [1.54, 1.807) is 36.0 Å². The minimum absolute atomic E-state index is 0.160. The molecule has 0 saturated heterocycles. The number of carboxylic acids is 2. The highest BCUT2D eigenvalue weighted by molar-refractivity contribution is 7.98. The van der Waals surface area contributed by atoms with E-state index in [0.717, 1.165) is 11.3 Å². The van der Waals surface area contributed by atoms with Crippen LogP contribution in [0.3, 0.4) is 0 Å². The molecule has 0 aliphatic rings. The van der Waals surface area contributed by atoms with Crippen LogP contribution in [0.2, 0.25) is 0 Å². The summed E-state index contributed by atoms with van der Waals surface area (Å²) in [6.07, 6.45) is 0.767.